The first-order valence-electron chi connectivity index (χ1n) is 9.04. The molecule has 0 heterocycles. The summed E-state index contributed by atoms with van der Waals surface area (Å²) in [6, 6.07) is -2.23. The van der Waals surface area contributed by atoms with Gasteiger partial charge in [0.25, 0.3) is 0 Å². The van der Waals surface area contributed by atoms with E-state index in [1.54, 1.807) is 20.8 Å². The molecule has 0 aromatic rings. The average molecular weight is 420 g/mol. The van der Waals surface area contributed by atoms with Gasteiger partial charge in [-0.1, -0.05) is 6.92 Å². The van der Waals surface area contributed by atoms with Crippen LogP contribution in [0.5, 0.6) is 0 Å². The van der Waals surface area contributed by atoms with Gasteiger partial charge in [-0.25, -0.2) is 0 Å². The third-order valence-electron chi connectivity index (χ3n) is 3.60. The maximum absolute atomic E-state index is 12.6. The molecule has 0 aliphatic carbocycles. The van der Waals surface area contributed by atoms with Gasteiger partial charge < -0.3 is 20.5 Å². The first-order chi connectivity index (χ1) is 13.2. The van der Waals surface area contributed by atoms with Gasteiger partial charge in [-0.3, -0.25) is 28.9 Å². The van der Waals surface area contributed by atoms with Crippen molar-refractivity contribution in [2.45, 2.75) is 52.1 Å². The SMILES string of the molecule is CCOC(=O)CNC(=O)C(CS)N(C(=O)CC)C(=O)CCC(N)C(=O)OCC. The number of ether oxygens (including phenoxy) is 2. The second kappa shape index (κ2) is 13.9. The van der Waals surface area contributed by atoms with Crippen molar-refractivity contribution in [3.63, 3.8) is 0 Å². The van der Waals surface area contributed by atoms with Crippen LogP contribution >= 0.6 is 12.6 Å². The molecule has 2 unspecified atom stereocenters. The highest BCUT2D eigenvalue weighted by molar-refractivity contribution is 7.80. The monoisotopic (exact) mass is 419 g/mol. The van der Waals surface area contributed by atoms with E-state index in [-0.39, 0.29) is 38.2 Å². The predicted molar refractivity (Wildman–Crippen MR) is 103 cm³/mol. The molecule has 11 heteroatoms. The van der Waals surface area contributed by atoms with E-state index < -0.39 is 48.3 Å². The van der Waals surface area contributed by atoms with Crippen LogP contribution in [0.25, 0.3) is 0 Å². The molecule has 3 amide bonds. The lowest BCUT2D eigenvalue weighted by Crippen LogP contribution is -2.54. The molecule has 3 N–H and O–H groups in total. The van der Waals surface area contributed by atoms with E-state index in [1.807, 2.05) is 0 Å². The minimum absolute atomic E-state index is 0.0227. The highest BCUT2D eigenvalue weighted by Gasteiger charge is 2.33. The van der Waals surface area contributed by atoms with Gasteiger partial charge >= 0.3 is 11.9 Å². The zero-order valence-electron chi connectivity index (χ0n) is 16.4. The summed E-state index contributed by atoms with van der Waals surface area (Å²) in [5.74, 6) is -3.41. The van der Waals surface area contributed by atoms with E-state index in [4.69, 9.17) is 15.2 Å². The number of carbonyl (C=O) groups excluding carboxylic acids is 5. The minimum Gasteiger partial charge on any atom is -0.465 e. The number of rotatable bonds is 12. The smallest absolute Gasteiger partial charge is 0.325 e. The highest BCUT2D eigenvalue weighted by Crippen LogP contribution is 2.11. The van der Waals surface area contributed by atoms with Crippen molar-refractivity contribution < 1.29 is 33.4 Å². The molecular weight excluding hydrogens is 390 g/mol. The van der Waals surface area contributed by atoms with Crippen LogP contribution in [0.4, 0.5) is 0 Å². The molecule has 0 radical (unpaired) electrons. The van der Waals surface area contributed by atoms with Crippen molar-refractivity contribution in [3.05, 3.63) is 0 Å². The Bertz CT molecular complexity index is 571. The fourth-order valence-corrected chi connectivity index (χ4v) is 2.52. The molecule has 0 fully saturated rings. The third-order valence-corrected chi connectivity index (χ3v) is 3.94. The molecular formula is C17H29N3O7S. The van der Waals surface area contributed by atoms with Crippen LogP contribution in [0.3, 0.4) is 0 Å². The van der Waals surface area contributed by atoms with Gasteiger partial charge in [0.2, 0.25) is 17.7 Å². The van der Waals surface area contributed by atoms with Gasteiger partial charge in [-0.05, 0) is 20.3 Å². The van der Waals surface area contributed by atoms with Crippen molar-refractivity contribution in [1.29, 1.82) is 0 Å². The Morgan fingerprint density at radius 1 is 1.04 bits per heavy atom. The first-order valence-corrected chi connectivity index (χ1v) is 9.67. The summed E-state index contributed by atoms with van der Waals surface area (Å²) in [5.41, 5.74) is 5.66. The number of nitrogens with one attached hydrogen (secondary N) is 1. The molecule has 0 saturated carbocycles. The molecule has 0 aliphatic heterocycles. The topological polar surface area (TPSA) is 145 Å². The molecule has 160 valence electrons. The Hall–Kier alpha value is -2.14. The van der Waals surface area contributed by atoms with Gasteiger partial charge in [0.15, 0.2) is 0 Å². The summed E-state index contributed by atoms with van der Waals surface area (Å²) < 4.78 is 9.48. The van der Waals surface area contributed by atoms with Crippen LogP contribution in [0, 0.1) is 0 Å². The van der Waals surface area contributed by atoms with Crippen LogP contribution in [0.15, 0.2) is 0 Å². The summed E-state index contributed by atoms with van der Waals surface area (Å²) in [6.07, 6.45) is -0.304. The third kappa shape index (κ3) is 8.70. The highest BCUT2D eigenvalue weighted by atomic mass is 32.1. The zero-order chi connectivity index (χ0) is 21.7. The lowest BCUT2D eigenvalue weighted by Gasteiger charge is -2.28. The largest absolute Gasteiger partial charge is 0.465 e. The predicted octanol–water partition coefficient (Wildman–Crippen LogP) is -0.600. The molecule has 0 aliphatic rings. The van der Waals surface area contributed by atoms with E-state index in [0.29, 0.717) is 0 Å². The summed E-state index contributed by atoms with van der Waals surface area (Å²) >= 11 is 4.06. The molecule has 10 nitrogen and oxygen atoms in total. The van der Waals surface area contributed by atoms with E-state index in [2.05, 4.69) is 17.9 Å². The van der Waals surface area contributed by atoms with Gasteiger partial charge in [0.1, 0.15) is 18.6 Å². The van der Waals surface area contributed by atoms with Gasteiger partial charge in [-0.15, -0.1) is 0 Å². The molecule has 0 spiro atoms. The van der Waals surface area contributed by atoms with Crippen LogP contribution < -0.4 is 11.1 Å². The summed E-state index contributed by atoms with van der Waals surface area (Å²) in [7, 11) is 0. The first kappa shape index (κ1) is 25.9. The fourth-order valence-electron chi connectivity index (χ4n) is 2.19. The van der Waals surface area contributed by atoms with Crippen LogP contribution in [0.1, 0.15) is 40.0 Å². The molecule has 0 aromatic carbocycles. The Morgan fingerprint density at radius 3 is 2.14 bits per heavy atom. The standard InChI is InChI=1S/C17H29N3O7S/c1-4-13(21)20(14(22)8-7-11(18)17(25)27-6-3)12(10-28)16(24)19-9-15(23)26-5-2/h11-12,28H,4-10,18H2,1-3H3,(H,19,24). The van der Waals surface area contributed by atoms with E-state index in [1.165, 1.54) is 0 Å². The lowest BCUT2D eigenvalue weighted by molar-refractivity contribution is -0.151. The molecule has 28 heavy (non-hydrogen) atoms. The van der Waals surface area contributed by atoms with Gasteiger partial charge in [0.05, 0.1) is 13.2 Å². The quantitative estimate of drug-likeness (QED) is 0.281. The van der Waals surface area contributed by atoms with E-state index in [9.17, 15) is 24.0 Å². The van der Waals surface area contributed by atoms with Crippen molar-refractivity contribution in [3.8, 4) is 0 Å². The minimum atomic E-state index is -1.21. The van der Waals surface area contributed by atoms with Gasteiger partial charge in [-0.2, -0.15) is 12.6 Å². The number of thiol groups is 1. The number of esters is 2. The number of imide groups is 1. The molecule has 0 bridgehead atoms. The Morgan fingerprint density at radius 2 is 1.64 bits per heavy atom. The average Bonchev–Trinajstić information content (AvgIpc) is 2.67. The Kier molecular flexibility index (Phi) is 12.9. The number of nitrogens with two attached hydrogens (primary N) is 1. The molecule has 0 saturated heterocycles. The number of hydrogen-bond donors (Lipinski definition) is 3. The van der Waals surface area contributed by atoms with Crippen molar-refractivity contribution >= 4 is 42.3 Å². The summed E-state index contributed by atoms with van der Waals surface area (Å²) in [6.45, 7) is 4.71. The van der Waals surface area contributed by atoms with Crippen molar-refractivity contribution in [1.82, 2.24) is 10.2 Å². The second-order valence-corrected chi connectivity index (χ2v) is 5.99. The van der Waals surface area contributed by atoms with Crippen LogP contribution in [-0.4, -0.2) is 72.2 Å². The number of hydrogen-bond acceptors (Lipinski definition) is 9. The Labute approximate surface area is 169 Å². The van der Waals surface area contributed by atoms with E-state index >= 15 is 0 Å². The summed E-state index contributed by atoms with van der Waals surface area (Å²) in [4.78, 5) is 60.9. The van der Waals surface area contributed by atoms with Crippen molar-refractivity contribution in [2.75, 3.05) is 25.5 Å². The summed E-state index contributed by atoms with van der Waals surface area (Å²) in [5, 5.41) is 2.33. The second-order valence-electron chi connectivity index (χ2n) is 5.63. The molecule has 0 rings (SSSR count). The maximum atomic E-state index is 12.6. The van der Waals surface area contributed by atoms with Crippen LogP contribution in [-0.2, 0) is 33.4 Å². The lowest BCUT2D eigenvalue weighted by atomic mass is 10.1. The molecule has 2 atom stereocenters. The normalized spacial score (nSPS) is 12.5. The zero-order valence-corrected chi connectivity index (χ0v) is 17.3. The Balaban J connectivity index is 5.11. The number of amides is 3. The maximum Gasteiger partial charge on any atom is 0.325 e. The van der Waals surface area contributed by atoms with Crippen LogP contribution in [0.2, 0.25) is 0 Å². The van der Waals surface area contributed by atoms with E-state index in [0.717, 1.165) is 4.90 Å². The number of nitrogens with zero attached hydrogens (tertiary/aromatic N) is 1. The fraction of sp³-hybridized carbons (Fsp3) is 0.706. The number of carbonyl (C=O) groups is 5. The van der Waals surface area contributed by atoms with Crippen molar-refractivity contribution in [2.24, 2.45) is 5.73 Å². The molecule has 0 aromatic heterocycles. The van der Waals surface area contributed by atoms with Gasteiger partial charge in [0, 0.05) is 18.6 Å².